The van der Waals surface area contributed by atoms with E-state index in [-0.39, 0.29) is 5.56 Å². The monoisotopic (exact) mass is 287 g/mol. The fourth-order valence-corrected chi connectivity index (χ4v) is 2.17. The van der Waals surface area contributed by atoms with Crippen molar-refractivity contribution in [2.75, 3.05) is 7.11 Å². The molecule has 0 radical (unpaired) electrons. The van der Waals surface area contributed by atoms with Crippen molar-refractivity contribution < 1.29 is 19.4 Å². The molecule has 0 saturated heterocycles. The lowest BCUT2D eigenvalue weighted by molar-refractivity contribution is 0.0696. The molecular formula is C16H17NO4. The molecule has 0 aliphatic rings. The van der Waals surface area contributed by atoms with Crippen LogP contribution in [0.25, 0.3) is 0 Å². The van der Waals surface area contributed by atoms with Gasteiger partial charge in [-0.2, -0.15) is 0 Å². The largest absolute Gasteiger partial charge is 0.488 e. The van der Waals surface area contributed by atoms with Crippen molar-refractivity contribution in [2.45, 2.75) is 20.5 Å². The molecule has 1 aromatic heterocycles. The van der Waals surface area contributed by atoms with E-state index in [0.717, 1.165) is 16.7 Å². The van der Waals surface area contributed by atoms with Crippen LogP contribution in [-0.4, -0.2) is 23.2 Å². The zero-order valence-corrected chi connectivity index (χ0v) is 12.2. The molecule has 0 saturated carbocycles. The summed E-state index contributed by atoms with van der Waals surface area (Å²) in [7, 11) is 1.56. The van der Waals surface area contributed by atoms with Crippen molar-refractivity contribution in [1.29, 1.82) is 0 Å². The van der Waals surface area contributed by atoms with Crippen molar-refractivity contribution in [3.8, 4) is 11.6 Å². The van der Waals surface area contributed by atoms with Gasteiger partial charge in [0, 0.05) is 6.20 Å². The second-order valence-electron chi connectivity index (χ2n) is 4.70. The summed E-state index contributed by atoms with van der Waals surface area (Å²) in [6, 6.07) is 6.90. The van der Waals surface area contributed by atoms with Crippen LogP contribution in [0, 0.1) is 13.8 Å². The number of carboxylic acids is 1. The molecule has 21 heavy (non-hydrogen) atoms. The standard InChI is InChI=1S/C16H17NO4/c1-10-7-13(16(18)19)8-11(2)14(10)21-9-12-5-4-6-17-15(12)20-3/h4-8H,9H2,1-3H3,(H,18,19). The van der Waals surface area contributed by atoms with E-state index >= 15 is 0 Å². The van der Waals surface area contributed by atoms with Gasteiger partial charge in [-0.05, 0) is 49.2 Å². The second kappa shape index (κ2) is 6.26. The molecule has 0 aliphatic heterocycles. The van der Waals surface area contributed by atoms with E-state index in [0.29, 0.717) is 18.2 Å². The Morgan fingerprint density at radius 3 is 2.52 bits per heavy atom. The molecule has 1 heterocycles. The Bertz CT molecular complexity index is 644. The Morgan fingerprint density at radius 2 is 1.95 bits per heavy atom. The summed E-state index contributed by atoms with van der Waals surface area (Å²) in [5.41, 5.74) is 2.67. The van der Waals surface area contributed by atoms with E-state index in [4.69, 9.17) is 14.6 Å². The molecule has 0 aliphatic carbocycles. The number of nitrogens with zero attached hydrogens (tertiary/aromatic N) is 1. The second-order valence-corrected chi connectivity index (χ2v) is 4.70. The zero-order valence-electron chi connectivity index (χ0n) is 12.2. The Kier molecular flexibility index (Phi) is 4.42. The van der Waals surface area contributed by atoms with Crippen LogP contribution in [0.4, 0.5) is 0 Å². The number of benzene rings is 1. The molecule has 0 spiro atoms. The third-order valence-corrected chi connectivity index (χ3v) is 3.12. The van der Waals surface area contributed by atoms with E-state index in [1.54, 1.807) is 25.4 Å². The Labute approximate surface area is 123 Å². The molecule has 0 amide bonds. The van der Waals surface area contributed by atoms with Gasteiger partial charge in [0.25, 0.3) is 0 Å². The zero-order chi connectivity index (χ0) is 15.4. The van der Waals surface area contributed by atoms with Crippen LogP contribution in [0.2, 0.25) is 0 Å². The van der Waals surface area contributed by atoms with E-state index in [2.05, 4.69) is 4.98 Å². The first-order valence-corrected chi connectivity index (χ1v) is 6.48. The highest BCUT2D eigenvalue weighted by Crippen LogP contribution is 2.26. The molecule has 2 rings (SSSR count). The molecule has 1 aromatic carbocycles. The van der Waals surface area contributed by atoms with Gasteiger partial charge in [-0.3, -0.25) is 0 Å². The van der Waals surface area contributed by atoms with Gasteiger partial charge in [-0.25, -0.2) is 9.78 Å². The number of ether oxygens (including phenoxy) is 2. The van der Waals surface area contributed by atoms with Crippen molar-refractivity contribution in [3.63, 3.8) is 0 Å². The summed E-state index contributed by atoms with van der Waals surface area (Å²) < 4.78 is 11.0. The van der Waals surface area contributed by atoms with Crippen molar-refractivity contribution >= 4 is 5.97 Å². The number of pyridine rings is 1. The van der Waals surface area contributed by atoms with Gasteiger partial charge in [-0.1, -0.05) is 0 Å². The SMILES string of the molecule is COc1ncccc1COc1c(C)cc(C(=O)O)cc1C. The average molecular weight is 287 g/mol. The number of aromatic carboxylic acids is 1. The minimum atomic E-state index is -0.943. The number of hydrogen-bond acceptors (Lipinski definition) is 4. The van der Waals surface area contributed by atoms with Crippen LogP contribution < -0.4 is 9.47 Å². The fraction of sp³-hybridized carbons (Fsp3) is 0.250. The maximum Gasteiger partial charge on any atom is 0.335 e. The highest BCUT2D eigenvalue weighted by molar-refractivity contribution is 5.88. The molecule has 5 heteroatoms. The van der Waals surface area contributed by atoms with Crippen LogP contribution in [0.15, 0.2) is 30.5 Å². The first kappa shape index (κ1) is 14.8. The van der Waals surface area contributed by atoms with Gasteiger partial charge >= 0.3 is 5.97 Å². The number of methoxy groups -OCH3 is 1. The maximum atomic E-state index is 11.0. The summed E-state index contributed by atoms with van der Waals surface area (Å²) in [5, 5.41) is 9.04. The van der Waals surface area contributed by atoms with Crippen molar-refractivity contribution in [2.24, 2.45) is 0 Å². The normalized spacial score (nSPS) is 10.2. The number of rotatable bonds is 5. The summed E-state index contributed by atoms with van der Waals surface area (Å²) >= 11 is 0. The van der Waals surface area contributed by atoms with Gasteiger partial charge in [-0.15, -0.1) is 0 Å². The van der Waals surface area contributed by atoms with E-state index in [1.807, 2.05) is 26.0 Å². The quantitative estimate of drug-likeness (QED) is 0.915. The number of aryl methyl sites for hydroxylation is 2. The smallest absolute Gasteiger partial charge is 0.335 e. The Morgan fingerprint density at radius 1 is 1.29 bits per heavy atom. The third-order valence-electron chi connectivity index (χ3n) is 3.12. The first-order valence-electron chi connectivity index (χ1n) is 6.48. The van der Waals surface area contributed by atoms with Crippen molar-refractivity contribution in [1.82, 2.24) is 4.98 Å². The highest BCUT2D eigenvalue weighted by atomic mass is 16.5. The van der Waals surface area contributed by atoms with Crippen LogP contribution in [-0.2, 0) is 6.61 Å². The molecule has 0 bridgehead atoms. The summed E-state index contributed by atoms with van der Waals surface area (Å²) in [4.78, 5) is 15.1. The van der Waals surface area contributed by atoms with Gasteiger partial charge in [0.2, 0.25) is 5.88 Å². The average Bonchev–Trinajstić information content (AvgIpc) is 2.46. The molecule has 110 valence electrons. The van der Waals surface area contributed by atoms with E-state index in [1.165, 1.54) is 0 Å². The lowest BCUT2D eigenvalue weighted by Crippen LogP contribution is -2.04. The minimum Gasteiger partial charge on any atom is -0.488 e. The lowest BCUT2D eigenvalue weighted by Gasteiger charge is -2.14. The number of carbonyl (C=O) groups is 1. The molecule has 2 aromatic rings. The molecule has 0 atom stereocenters. The Balaban J connectivity index is 2.22. The van der Waals surface area contributed by atoms with Gasteiger partial charge in [0.15, 0.2) is 0 Å². The van der Waals surface area contributed by atoms with Gasteiger partial charge in [0.05, 0.1) is 18.2 Å². The van der Waals surface area contributed by atoms with Gasteiger partial charge in [0.1, 0.15) is 12.4 Å². The molecule has 0 fully saturated rings. The maximum absolute atomic E-state index is 11.0. The van der Waals surface area contributed by atoms with Gasteiger partial charge < -0.3 is 14.6 Å². The van der Waals surface area contributed by atoms with E-state index < -0.39 is 5.97 Å². The number of aromatic nitrogens is 1. The predicted molar refractivity (Wildman–Crippen MR) is 78.0 cm³/mol. The van der Waals surface area contributed by atoms with Crippen molar-refractivity contribution in [3.05, 3.63) is 52.7 Å². The number of hydrogen-bond donors (Lipinski definition) is 1. The van der Waals surface area contributed by atoms with Crippen LogP contribution in [0.1, 0.15) is 27.0 Å². The number of carboxylic acid groups (broad SMARTS) is 1. The minimum absolute atomic E-state index is 0.260. The topological polar surface area (TPSA) is 68.7 Å². The lowest BCUT2D eigenvalue weighted by atomic mass is 10.1. The first-order chi connectivity index (χ1) is 10.0. The summed E-state index contributed by atoms with van der Waals surface area (Å²) in [6.45, 7) is 3.97. The Hall–Kier alpha value is -2.56. The van der Waals surface area contributed by atoms with Crippen LogP contribution in [0.5, 0.6) is 11.6 Å². The summed E-state index contributed by atoms with van der Waals surface area (Å²) in [5.74, 6) is 0.266. The molecule has 1 N–H and O–H groups in total. The van der Waals surface area contributed by atoms with Crippen LogP contribution in [0.3, 0.4) is 0 Å². The highest BCUT2D eigenvalue weighted by Gasteiger charge is 2.12. The van der Waals surface area contributed by atoms with E-state index in [9.17, 15) is 4.79 Å². The fourth-order valence-electron chi connectivity index (χ4n) is 2.17. The molecular weight excluding hydrogens is 270 g/mol. The van der Waals surface area contributed by atoms with Crippen LogP contribution >= 0.6 is 0 Å². The summed E-state index contributed by atoms with van der Waals surface area (Å²) in [6.07, 6.45) is 1.65. The molecule has 5 nitrogen and oxygen atoms in total. The molecule has 0 unspecified atom stereocenters. The third kappa shape index (κ3) is 3.31. The predicted octanol–water partition coefficient (Wildman–Crippen LogP) is 2.98.